The quantitative estimate of drug-likeness (QED) is 0.593. The molecule has 0 N–H and O–H groups in total. The fourth-order valence-electron chi connectivity index (χ4n) is 1.55. The maximum Gasteiger partial charge on any atom is 0.338 e. The van der Waals surface area contributed by atoms with Gasteiger partial charge in [-0.3, -0.25) is 4.79 Å². The second-order valence-electron chi connectivity index (χ2n) is 3.74. The van der Waals surface area contributed by atoms with Gasteiger partial charge in [0.15, 0.2) is 5.78 Å². The minimum absolute atomic E-state index is 0.0206. The molecular weight excluding hydrogens is 319 g/mol. The number of carbonyl (C=O) groups is 2. The van der Waals surface area contributed by atoms with Crippen molar-refractivity contribution < 1.29 is 14.3 Å². The van der Waals surface area contributed by atoms with Gasteiger partial charge in [-0.1, -0.05) is 22.0 Å². The van der Waals surface area contributed by atoms with Crippen molar-refractivity contribution in [2.45, 2.75) is 18.7 Å². The molecule has 0 heterocycles. The van der Waals surface area contributed by atoms with Crippen LogP contribution in [0.3, 0.4) is 0 Å². The number of Topliss-reactive ketones (excluding diaryl/α,β-unsaturated/α-hetero) is 1. The fraction of sp³-hybridized carbons (Fsp3) is 0.385. The topological polar surface area (TPSA) is 43.4 Å². The van der Waals surface area contributed by atoms with E-state index in [2.05, 4.69) is 15.9 Å². The number of ether oxygens (including phenoxy) is 1. The molecule has 1 aromatic carbocycles. The van der Waals surface area contributed by atoms with Gasteiger partial charge < -0.3 is 4.74 Å². The smallest absolute Gasteiger partial charge is 0.338 e. The Morgan fingerprint density at radius 3 is 2.50 bits per heavy atom. The Labute approximate surface area is 120 Å². The lowest BCUT2D eigenvalue weighted by Crippen LogP contribution is -2.08. The molecule has 5 heteroatoms. The van der Waals surface area contributed by atoms with E-state index in [0.717, 1.165) is 11.1 Å². The Hall–Kier alpha value is -0.870. The third kappa shape index (κ3) is 4.42. The van der Waals surface area contributed by atoms with E-state index >= 15 is 0 Å². The zero-order valence-electron chi connectivity index (χ0n) is 10.0. The van der Waals surface area contributed by atoms with Crippen molar-refractivity contribution in [2.75, 3.05) is 12.5 Å². The SMILES string of the molecule is CCOC(=O)c1cc(CBr)cc(CC(=O)CCl)c1. The van der Waals surface area contributed by atoms with Gasteiger partial charge in [0.25, 0.3) is 0 Å². The molecule has 18 heavy (non-hydrogen) atoms. The molecule has 0 aromatic heterocycles. The number of hydrogen-bond donors (Lipinski definition) is 0. The molecule has 0 radical (unpaired) electrons. The summed E-state index contributed by atoms with van der Waals surface area (Å²) in [5.74, 6) is -0.467. The van der Waals surface area contributed by atoms with Crippen LogP contribution in [0.5, 0.6) is 0 Å². The normalized spacial score (nSPS) is 10.2. The van der Waals surface area contributed by atoms with E-state index in [1.54, 1.807) is 19.1 Å². The average molecular weight is 334 g/mol. The van der Waals surface area contributed by atoms with Crippen molar-refractivity contribution in [1.29, 1.82) is 0 Å². The summed E-state index contributed by atoms with van der Waals surface area (Å²) >= 11 is 8.81. The second kappa shape index (κ2) is 7.54. The molecule has 0 saturated heterocycles. The molecule has 0 atom stereocenters. The lowest BCUT2D eigenvalue weighted by atomic mass is 10.0. The fourth-order valence-corrected chi connectivity index (χ4v) is 1.97. The number of esters is 1. The molecule has 0 bridgehead atoms. The Morgan fingerprint density at radius 1 is 1.28 bits per heavy atom. The van der Waals surface area contributed by atoms with Crippen LogP contribution < -0.4 is 0 Å². The molecular formula is C13H14BrClO3. The van der Waals surface area contributed by atoms with Gasteiger partial charge in [0.1, 0.15) is 0 Å². The highest BCUT2D eigenvalue weighted by Gasteiger charge is 2.11. The van der Waals surface area contributed by atoms with E-state index in [4.69, 9.17) is 16.3 Å². The predicted molar refractivity (Wildman–Crippen MR) is 74.5 cm³/mol. The molecule has 98 valence electrons. The Morgan fingerprint density at radius 2 is 1.94 bits per heavy atom. The van der Waals surface area contributed by atoms with Crippen molar-refractivity contribution in [2.24, 2.45) is 0 Å². The largest absolute Gasteiger partial charge is 0.462 e. The van der Waals surface area contributed by atoms with E-state index in [1.807, 2.05) is 6.07 Å². The van der Waals surface area contributed by atoms with Crippen LogP contribution in [0.15, 0.2) is 18.2 Å². The molecule has 0 fully saturated rings. The summed E-state index contributed by atoms with van der Waals surface area (Å²) in [6.07, 6.45) is 0.233. The summed E-state index contributed by atoms with van der Waals surface area (Å²) in [5.41, 5.74) is 2.17. The first-order valence-corrected chi connectivity index (χ1v) is 7.19. The van der Waals surface area contributed by atoms with Gasteiger partial charge in [-0.25, -0.2) is 4.79 Å². The molecule has 0 aliphatic rings. The predicted octanol–water partition coefficient (Wildman–Crippen LogP) is 3.11. The van der Waals surface area contributed by atoms with Crippen LogP contribution in [0.1, 0.15) is 28.4 Å². The summed E-state index contributed by atoms with van der Waals surface area (Å²) in [7, 11) is 0. The number of carbonyl (C=O) groups excluding carboxylic acids is 2. The zero-order chi connectivity index (χ0) is 13.5. The maximum absolute atomic E-state index is 11.7. The van der Waals surface area contributed by atoms with E-state index in [0.29, 0.717) is 17.5 Å². The molecule has 0 aliphatic heterocycles. The minimum Gasteiger partial charge on any atom is -0.462 e. The van der Waals surface area contributed by atoms with Crippen LogP contribution in [0, 0.1) is 0 Å². The number of benzene rings is 1. The van der Waals surface area contributed by atoms with E-state index < -0.39 is 0 Å². The van der Waals surface area contributed by atoms with Crippen molar-refractivity contribution in [3.8, 4) is 0 Å². The van der Waals surface area contributed by atoms with Crippen molar-refractivity contribution in [3.05, 3.63) is 34.9 Å². The highest BCUT2D eigenvalue weighted by Crippen LogP contribution is 2.15. The number of ketones is 1. The number of rotatable bonds is 6. The van der Waals surface area contributed by atoms with Crippen LogP contribution in [0.4, 0.5) is 0 Å². The second-order valence-corrected chi connectivity index (χ2v) is 4.57. The summed E-state index contributed by atoms with van der Waals surface area (Å²) in [4.78, 5) is 23.0. The van der Waals surface area contributed by atoms with E-state index in [9.17, 15) is 9.59 Å². The molecule has 1 aromatic rings. The van der Waals surface area contributed by atoms with Gasteiger partial charge >= 0.3 is 5.97 Å². The molecule has 1 rings (SSSR count). The first kappa shape index (κ1) is 15.2. The van der Waals surface area contributed by atoms with Crippen LogP contribution >= 0.6 is 27.5 Å². The molecule has 0 aliphatic carbocycles. The first-order chi connectivity index (χ1) is 8.60. The number of alkyl halides is 2. The Balaban J connectivity index is 3.01. The maximum atomic E-state index is 11.7. The third-order valence-electron chi connectivity index (χ3n) is 2.27. The number of halogens is 2. The standard InChI is InChI=1S/C13H14BrClO3/c1-2-18-13(17)11-4-9(6-12(16)8-15)3-10(5-11)7-14/h3-5H,2,6-8H2,1H3. The van der Waals surface area contributed by atoms with Gasteiger partial charge in [-0.2, -0.15) is 0 Å². The summed E-state index contributed by atoms with van der Waals surface area (Å²) < 4.78 is 4.95. The van der Waals surface area contributed by atoms with Crippen LogP contribution in [-0.4, -0.2) is 24.2 Å². The monoisotopic (exact) mass is 332 g/mol. The van der Waals surface area contributed by atoms with Crippen LogP contribution in [0.25, 0.3) is 0 Å². The van der Waals surface area contributed by atoms with Crippen LogP contribution in [0.2, 0.25) is 0 Å². The third-order valence-corrected chi connectivity index (χ3v) is 3.21. The number of hydrogen-bond acceptors (Lipinski definition) is 3. The van der Waals surface area contributed by atoms with Crippen LogP contribution in [-0.2, 0) is 21.3 Å². The van der Waals surface area contributed by atoms with Gasteiger partial charge in [0.05, 0.1) is 18.1 Å². The van der Waals surface area contributed by atoms with Crippen molar-refractivity contribution >= 4 is 39.3 Å². The van der Waals surface area contributed by atoms with Gasteiger partial charge in [-0.05, 0) is 30.2 Å². The van der Waals surface area contributed by atoms with Gasteiger partial charge in [0, 0.05) is 11.8 Å². The molecule has 3 nitrogen and oxygen atoms in total. The molecule has 0 unspecified atom stereocenters. The average Bonchev–Trinajstić information content (AvgIpc) is 2.38. The van der Waals surface area contributed by atoms with Gasteiger partial charge in [-0.15, -0.1) is 11.6 Å². The highest BCUT2D eigenvalue weighted by molar-refractivity contribution is 9.08. The summed E-state index contributed by atoms with van der Waals surface area (Å²) in [6.45, 7) is 2.08. The molecule has 0 amide bonds. The Kier molecular flexibility index (Phi) is 6.36. The van der Waals surface area contributed by atoms with Gasteiger partial charge in [0.2, 0.25) is 0 Å². The minimum atomic E-state index is -0.375. The molecule has 0 saturated carbocycles. The van der Waals surface area contributed by atoms with E-state index in [-0.39, 0.29) is 24.1 Å². The van der Waals surface area contributed by atoms with E-state index in [1.165, 1.54) is 0 Å². The first-order valence-electron chi connectivity index (χ1n) is 5.54. The lowest BCUT2D eigenvalue weighted by Gasteiger charge is -2.07. The Bertz CT molecular complexity index is 446. The highest BCUT2D eigenvalue weighted by atomic mass is 79.9. The van der Waals surface area contributed by atoms with Crippen molar-refractivity contribution in [3.63, 3.8) is 0 Å². The van der Waals surface area contributed by atoms with Crippen molar-refractivity contribution in [1.82, 2.24) is 0 Å². The zero-order valence-corrected chi connectivity index (χ0v) is 12.4. The summed E-state index contributed by atoms with van der Waals surface area (Å²) in [6, 6.07) is 5.30. The lowest BCUT2D eigenvalue weighted by molar-refractivity contribution is -0.116. The molecule has 0 spiro atoms. The summed E-state index contributed by atoms with van der Waals surface area (Å²) in [5, 5.41) is 0.613.